The third-order valence-electron chi connectivity index (χ3n) is 5.87. The number of carbonyl (C=O) groups excluding carboxylic acids is 2. The number of hydrogen-bond acceptors (Lipinski definition) is 4. The third kappa shape index (κ3) is 4.00. The van der Waals surface area contributed by atoms with Gasteiger partial charge in [0.2, 0.25) is 11.8 Å². The summed E-state index contributed by atoms with van der Waals surface area (Å²) in [6.45, 7) is 3.03. The molecule has 7 heteroatoms. The van der Waals surface area contributed by atoms with E-state index in [-0.39, 0.29) is 18.2 Å². The summed E-state index contributed by atoms with van der Waals surface area (Å²) in [6, 6.07) is 23.8. The minimum absolute atomic E-state index is 0.102. The number of aryl methyl sites for hydroxylation is 1. The van der Waals surface area contributed by atoms with Gasteiger partial charge in [-0.1, -0.05) is 48.2 Å². The van der Waals surface area contributed by atoms with Crippen LogP contribution in [-0.2, 0) is 16.1 Å². The van der Waals surface area contributed by atoms with Crippen LogP contribution < -0.4 is 5.32 Å². The molecule has 1 saturated heterocycles. The molecule has 0 spiro atoms. The van der Waals surface area contributed by atoms with Gasteiger partial charge in [0.1, 0.15) is 5.25 Å². The molecule has 1 aromatic heterocycles. The summed E-state index contributed by atoms with van der Waals surface area (Å²) >= 11 is 1.34. The number of carbonyl (C=O) groups is 2. The number of rotatable bonds is 5. The van der Waals surface area contributed by atoms with Crippen LogP contribution in [0.3, 0.4) is 0 Å². The minimum Gasteiger partial charge on any atom is -0.341 e. The molecular formula is C26H24N4O2S. The molecule has 0 aliphatic carbocycles. The van der Waals surface area contributed by atoms with Crippen LogP contribution in [0.15, 0.2) is 77.8 Å². The number of anilines is 1. The summed E-state index contributed by atoms with van der Waals surface area (Å²) < 4.78 is 2.29. The van der Waals surface area contributed by atoms with Crippen LogP contribution in [0.4, 0.5) is 11.4 Å². The number of nitrogens with zero attached hydrogens (tertiary/aromatic N) is 3. The Morgan fingerprint density at radius 2 is 1.73 bits per heavy atom. The van der Waals surface area contributed by atoms with E-state index in [9.17, 15) is 9.59 Å². The Kier molecular flexibility index (Phi) is 5.64. The lowest BCUT2D eigenvalue weighted by molar-refractivity contribution is -0.127. The lowest BCUT2D eigenvalue weighted by Crippen LogP contribution is -2.30. The van der Waals surface area contributed by atoms with Gasteiger partial charge < -0.3 is 9.88 Å². The number of benzene rings is 3. The second kappa shape index (κ2) is 8.75. The highest BCUT2D eigenvalue weighted by atomic mass is 32.2. The Hall–Kier alpha value is -3.58. The van der Waals surface area contributed by atoms with Crippen molar-refractivity contribution in [2.75, 3.05) is 12.4 Å². The lowest BCUT2D eigenvalue weighted by Gasteiger charge is -2.09. The Morgan fingerprint density at radius 1 is 1.00 bits per heavy atom. The van der Waals surface area contributed by atoms with E-state index in [0.717, 1.165) is 23.3 Å². The average molecular weight is 457 g/mol. The number of hydrogen-bond donors (Lipinski definition) is 1. The fraction of sp³-hybridized carbons (Fsp3) is 0.192. The van der Waals surface area contributed by atoms with E-state index < -0.39 is 5.25 Å². The molecule has 3 aromatic carbocycles. The van der Waals surface area contributed by atoms with Crippen molar-refractivity contribution in [2.24, 2.45) is 4.99 Å². The van der Waals surface area contributed by atoms with Crippen LogP contribution >= 0.6 is 11.8 Å². The van der Waals surface area contributed by atoms with Gasteiger partial charge in [0.15, 0.2) is 5.17 Å². The zero-order valence-electron chi connectivity index (χ0n) is 18.5. The predicted octanol–water partition coefficient (Wildman–Crippen LogP) is 5.40. The van der Waals surface area contributed by atoms with Gasteiger partial charge in [-0.05, 0) is 43.3 Å². The molecule has 2 amide bonds. The largest absolute Gasteiger partial charge is 0.341 e. The predicted molar refractivity (Wildman–Crippen MR) is 136 cm³/mol. The van der Waals surface area contributed by atoms with Gasteiger partial charge in [-0.2, -0.15) is 0 Å². The van der Waals surface area contributed by atoms with E-state index in [4.69, 9.17) is 4.99 Å². The van der Waals surface area contributed by atoms with Crippen LogP contribution in [0, 0.1) is 0 Å². The SMILES string of the molecule is CCn1c2ccccc2c2cc(N=C3S[C@H](CC(=O)Nc4ccccc4)C(=O)N3C)ccc21. The number of nitrogens with one attached hydrogen (secondary N) is 1. The zero-order chi connectivity index (χ0) is 22.9. The molecule has 1 aliphatic rings. The van der Waals surface area contributed by atoms with Crippen molar-refractivity contribution in [3.8, 4) is 0 Å². The first-order valence-corrected chi connectivity index (χ1v) is 11.8. The molecular weight excluding hydrogens is 432 g/mol. The Bertz CT molecular complexity index is 1390. The van der Waals surface area contributed by atoms with Crippen LogP contribution in [0.25, 0.3) is 21.8 Å². The molecule has 2 heterocycles. The molecule has 1 fully saturated rings. The number of amides is 2. The maximum absolute atomic E-state index is 12.8. The molecule has 5 rings (SSSR count). The number of thioether (sulfide) groups is 1. The maximum atomic E-state index is 12.8. The van der Waals surface area contributed by atoms with Crippen LogP contribution in [0.5, 0.6) is 0 Å². The summed E-state index contributed by atoms with van der Waals surface area (Å²) in [5.74, 6) is -0.291. The molecule has 1 aliphatic heterocycles. The van der Waals surface area contributed by atoms with Crippen LogP contribution in [0.1, 0.15) is 13.3 Å². The standard InChI is InChI=1S/C26H24N4O2S/c1-3-30-21-12-8-7-11-19(21)20-15-18(13-14-22(20)30)28-26-29(2)25(32)23(33-26)16-24(31)27-17-9-5-4-6-10-17/h4-15,23H,3,16H2,1-2H3,(H,27,31)/t23-/m1/s1. The summed E-state index contributed by atoms with van der Waals surface area (Å²) in [6.07, 6.45) is 0.102. The monoisotopic (exact) mass is 456 g/mol. The van der Waals surface area contributed by atoms with E-state index in [1.54, 1.807) is 11.9 Å². The molecule has 0 radical (unpaired) electrons. The summed E-state index contributed by atoms with van der Waals surface area (Å²) in [7, 11) is 1.71. The highest BCUT2D eigenvalue weighted by molar-refractivity contribution is 8.15. The average Bonchev–Trinajstić information content (AvgIpc) is 3.28. The second-order valence-electron chi connectivity index (χ2n) is 7.98. The molecule has 166 valence electrons. The highest BCUT2D eigenvalue weighted by Crippen LogP contribution is 2.34. The van der Waals surface area contributed by atoms with Crippen molar-refractivity contribution in [3.05, 3.63) is 72.8 Å². The van der Waals surface area contributed by atoms with Gasteiger partial charge in [0.05, 0.1) is 5.69 Å². The van der Waals surface area contributed by atoms with E-state index >= 15 is 0 Å². The topological polar surface area (TPSA) is 66.7 Å². The molecule has 33 heavy (non-hydrogen) atoms. The van der Waals surface area contributed by atoms with Gasteiger partial charge in [-0.25, -0.2) is 4.99 Å². The van der Waals surface area contributed by atoms with Gasteiger partial charge >= 0.3 is 0 Å². The Labute approximate surface area is 196 Å². The normalized spacial score (nSPS) is 17.4. The van der Waals surface area contributed by atoms with Crippen molar-refractivity contribution in [3.63, 3.8) is 0 Å². The van der Waals surface area contributed by atoms with Crippen molar-refractivity contribution in [1.82, 2.24) is 9.47 Å². The highest BCUT2D eigenvalue weighted by Gasteiger charge is 2.37. The molecule has 0 bridgehead atoms. The van der Waals surface area contributed by atoms with Crippen molar-refractivity contribution in [1.29, 1.82) is 0 Å². The van der Waals surface area contributed by atoms with Crippen molar-refractivity contribution < 1.29 is 9.59 Å². The maximum Gasteiger partial charge on any atom is 0.242 e. The number of amidine groups is 1. The molecule has 0 saturated carbocycles. The van der Waals surface area contributed by atoms with Crippen LogP contribution in [-0.4, -0.2) is 38.7 Å². The van der Waals surface area contributed by atoms with E-state index in [0.29, 0.717) is 5.17 Å². The summed E-state index contributed by atoms with van der Waals surface area (Å²) in [5.41, 5.74) is 3.88. The molecule has 0 unspecified atom stereocenters. The summed E-state index contributed by atoms with van der Waals surface area (Å²) in [5, 5.41) is 5.31. The fourth-order valence-electron chi connectivity index (χ4n) is 4.26. The van der Waals surface area contributed by atoms with Gasteiger partial charge in [0, 0.05) is 47.5 Å². The van der Waals surface area contributed by atoms with Gasteiger partial charge in [0.25, 0.3) is 0 Å². The van der Waals surface area contributed by atoms with Crippen molar-refractivity contribution >= 4 is 61.9 Å². The molecule has 1 atom stereocenters. The lowest BCUT2D eigenvalue weighted by atomic mass is 10.1. The Balaban J connectivity index is 1.39. The molecule has 6 nitrogen and oxygen atoms in total. The zero-order valence-corrected chi connectivity index (χ0v) is 19.3. The van der Waals surface area contributed by atoms with E-state index in [1.165, 1.54) is 28.2 Å². The molecule has 4 aromatic rings. The summed E-state index contributed by atoms with van der Waals surface area (Å²) in [4.78, 5) is 31.5. The first kappa shape index (κ1) is 21.3. The van der Waals surface area contributed by atoms with Gasteiger partial charge in [-0.15, -0.1) is 0 Å². The van der Waals surface area contributed by atoms with Crippen LogP contribution in [0.2, 0.25) is 0 Å². The number of aromatic nitrogens is 1. The fourth-order valence-corrected chi connectivity index (χ4v) is 5.42. The van der Waals surface area contributed by atoms with E-state index in [2.05, 4.69) is 47.1 Å². The minimum atomic E-state index is -0.483. The first-order valence-electron chi connectivity index (χ1n) is 10.9. The Morgan fingerprint density at radius 3 is 2.52 bits per heavy atom. The van der Waals surface area contributed by atoms with Gasteiger partial charge in [-0.3, -0.25) is 14.5 Å². The molecule has 1 N–H and O–H groups in total. The number of para-hydroxylation sites is 2. The quantitative estimate of drug-likeness (QED) is 0.437. The first-order chi connectivity index (χ1) is 16.0. The van der Waals surface area contributed by atoms with Crippen molar-refractivity contribution in [2.45, 2.75) is 25.1 Å². The smallest absolute Gasteiger partial charge is 0.242 e. The number of fused-ring (bicyclic) bond motifs is 3. The van der Waals surface area contributed by atoms with E-state index in [1.807, 2.05) is 42.5 Å². The third-order valence-corrected chi connectivity index (χ3v) is 7.09. The second-order valence-corrected chi connectivity index (χ2v) is 9.15. The number of aliphatic imine (C=N–C) groups is 1.